The molecule has 0 radical (unpaired) electrons. The van der Waals surface area contributed by atoms with Gasteiger partial charge in [-0.3, -0.25) is 0 Å². The van der Waals surface area contributed by atoms with Crippen molar-refractivity contribution in [1.82, 2.24) is 9.97 Å². The number of anilines is 3. The molecule has 2 N–H and O–H groups in total. The number of piperidine rings is 1. The number of nitrogens with two attached hydrogens (primary N) is 1. The van der Waals surface area contributed by atoms with Crippen molar-refractivity contribution >= 4 is 17.3 Å². The number of aromatic nitrogens is 2. The molecule has 2 heterocycles. The van der Waals surface area contributed by atoms with Crippen LogP contribution in [0, 0.1) is 22.7 Å². The fraction of sp³-hybridized carbons (Fsp3) is 0.600. The third-order valence-corrected chi connectivity index (χ3v) is 4.03. The van der Waals surface area contributed by atoms with Gasteiger partial charge in [0.05, 0.1) is 12.1 Å². The van der Waals surface area contributed by atoms with Crippen LogP contribution in [0.5, 0.6) is 0 Å². The van der Waals surface area contributed by atoms with Crippen molar-refractivity contribution in [2.24, 2.45) is 0 Å². The summed E-state index contributed by atoms with van der Waals surface area (Å²) < 4.78 is 0. The van der Waals surface area contributed by atoms with Gasteiger partial charge >= 0.3 is 0 Å². The molecular formula is C15H21N7. The number of hydrogen-bond donors (Lipinski definition) is 1. The van der Waals surface area contributed by atoms with Crippen molar-refractivity contribution in [1.29, 1.82) is 10.5 Å². The molecule has 0 amide bonds. The molecule has 22 heavy (non-hydrogen) atoms. The van der Waals surface area contributed by atoms with Crippen molar-refractivity contribution in [3.05, 3.63) is 6.33 Å². The van der Waals surface area contributed by atoms with Crippen molar-refractivity contribution in [2.75, 3.05) is 35.2 Å². The van der Waals surface area contributed by atoms with Crippen LogP contribution in [0.1, 0.15) is 32.6 Å². The Morgan fingerprint density at radius 2 is 2.05 bits per heavy atom. The first-order chi connectivity index (χ1) is 10.7. The molecule has 7 nitrogen and oxygen atoms in total. The standard InChI is InChI=1S/C15H21N7/c1-2-12-5-3-4-8-22(12)15-13(18)14(19-11-20-15)21(9-6-16)10-7-17/h11-12H,2-5,8-10,18H2,1H3. The first kappa shape index (κ1) is 15.8. The Balaban J connectivity index is 2.36. The Hall–Kier alpha value is -2.54. The maximum atomic E-state index is 8.92. The molecule has 0 spiro atoms. The van der Waals surface area contributed by atoms with Gasteiger partial charge in [0, 0.05) is 12.6 Å². The second-order valence-corrected chi connectivity index (χ2v) is 5.36. The zero-order valence-electron chi connectivity index (χ0n) is 12.9. The summed E-state index contributed by atoms with van der Waals surface area (Å²) >= 11 is 0. The van der Waals surface area contributed by atoms with Gasteiger partial charge in [-0.25, -0.2) is 9.97 Å². The number of rotatable bonds is 5. The second kappa shape index (κ2) is 7.46. The molecule has 1 fully saturated rings. The third kappa shape index (κ3) is 3.20. The minimum Gasteiger partial charge on any atom is -0.393 e. The summed E-state index contributed by atoms with van der Waals surface area (Å²) in [4.78, 5) is 12.4. The van der Waals surface area contributed by atoms with E-state index in [-0.39, 0.29) is 13.1 Å². The van der Waals surface area contributed by atoms with Gasteiger partial charge in [0.25, 0.3) is 0 Å². The minimum atomic E-state index is 0.0748. The van der Waals surface area contributed by atoms with Crippen LogP contribution in [0.3, 0.4) is 0 Å². The van der Waals surface area contributed by atoms with E-state index in [1.807, 2.05) is 12.1 Å². The van der Waals surface area contributed by atoms with Crippen LogP contribution >= 0.6 is 0 Å². The van der Waals surface area contributed by atoms with Crippen molar-refractivity contribution < 1.29 is 0 Å². The van der Waals surface area contributed by atoms with E-state index in [9.17, 15) is 0 Å². The molecule has 1 aromatic heterocycles. The third-order valence-electron chi connectivity index (χ3n) is 4.03. The molecule has 116 valence electrons. The van der Waals surface area contributed by atoms with Crippen LogP contribution in [0.2, 0.25) is 0 Å². The SMILES string of the molecule is CCC1CCCCN1c1ncnc(N(CC#N)CC#N)c1N. The van der Waals surface area contributed by atoms with Crippen LogP contribution < -0.4 is 15.5 Å². The van der Waals surface area contributed by atoms with Crippen LogP contribution in [0.4, 0.5) is 17.3 Å². The van der Waals surface area contributed by atoms with Gasteiger partial charge in [-0.15, -0.1) is 0 Å². The van der Waals surface area contributed by atoms with Crippen LogP contribution in [-0.4, -0.2) is 35.6 Å². The lowest BCUT2D eigenvalue weighted by Gasteiger charge is -2.37. The molecule has 1 aromatic rings. The number of nitrogens with zero attached hydrogens (tertiary/aromatic N) is 6. The molecule has 0 bridgehead atoms. The predicted octanol–water partition coefficient (Wildman–Crippen LogP) is 1.68. The molecule has 0 aromatic carbocycles. The van der Waals surface area contributed by atoms with Crippen molar-refractivity contribution in [2.45, 2.75) is 38.6 Å². The largest absolute Gasteiger partial charge is 0.393 e. The van der Waals surface area contributed by atoms with Crippen LogP contribution in [0.25, 0.3) is 0 Å². The van der Waals surface area contributed by atoms with E-state index in [4.69, 9.17) is 16.3 Å². The summed E-state index contributed by atoms with van der Waals surface area (Å²) in [6.07, 6.45) is 5.98. The Bertz CT molecular complexity index is 571. The lowest BCUT2D eigenvalue weighted by Crippen LogP contribution is -2.40. The van der Waals surface area contributed by atoms with E-state index >= 15 is 0 Å². The predicted molar refractivity (Wildman–Crippen MR) is 85.2 cm³/mol. The Morgan fingerprint density at radius 3 is 2.68 bits per heavy atom. The average molecular weight is 299 g/mol. The zero-order chi connectivity index (χ0) is 15.9. The summed E-state index contributed by atoms with van der Waals surface area (Å²) in [5, 5.41) is 17.8. The fourth-order valence-electron chi connectivity index (χ4n) is 2.94. The molecule has 1 saturated heterocycles. The van der Waals surface area contributed by atoms with E-state index in [1.54, 1.807) is 4.90 Å². The normalized spacial score (nSPS) is 17.6. The van der Waals surface area contributed by atoms with Gasteiger partial charge in [0.15, 0.2) is 11.6 Å². The van der Waals surface area contributed by atoms with E-state index in [1.165, 1.54) is 12.7 Å². The van der Waals surface area contributed by atoms with Gasteiger partial charge in [-0.2, -0.15) is 10.5 Å². The maximum Gasteiger partial charge on any atom is 0.159 e. The number of nitrogen functional groups attached to an aromatic ring is 1. The quantitative estimate of drug-likeness (QED) is 0.824. The van der Waals surface area contributed by atoms with E-state index < -0.39 is 0 Å². The number of hydrogen-bond acceptors (Lipinski definition) is 7. The first-order valence-corrected chi connectivity index (χ1v) is 7.58. The summed E-state index contributed by atoms with van der Waals surface area (Å²) in [7, 11) is 0. The summed E-state index contributed by atoms with van der Waals surface area (Å²) in [6.45, 7) is 3.24. The van der Waals surface area contributed by atoms with Gasteiger partial charge in [-0.1, -0.05) is 6.92 Å². The molecule has 1 atom stereocenters. The Labute approximate surface area is 131 Å². The molecule has 1 aliphatic rings. The molecular weight excluding hydrogens is 278 g/mol. The monoisotopic (exact) mass is 299 g/mol. The maximum absolute atomic E-state index is 8.92. The van der Waals surface area contributed by atoms with Gasteiger partial charge in [0.2, 0.25) is 0 Å². The second-order valence-electron chi connectivity index (χ2n) is 5.36. The summed E-state index contributed by atoms with van der Waals surface area (Å²) in [5.74, 6) is 1.19. The summed E-state index contributed by atoms with van der Waals surface area (Å²) in [6, 6.07) is 4.51. The molecule has 0 saturated carbocycles. The van der Waals surface area contributed by atoms with E-state index in [0.717, 1.165) is 31.6 Å². The molecule has 2 rings (SSSR count). The van der Waals surface area contributed by atoms with Gasteiger partial charge in [-0.05, 0) is 25.7 Å². The topological polar surface area (TPSA) is 106 Å². The van der Waals surface area contributed by atoms with Crippen LogP contribution in [0.15, 0.2) is 6.33 Å². The Morgan fingerprint density at radius 1 is 1.32 bits per heavy atom. The van der Waals surface area contributed by atoms with Crippen LogP contribution in [-0.2, 0) is 0 Å². The molecule has 1 aliphatic heterocycles. The highest BCUT2D eigenvalue weighted by Gasteiger charge is 2.26. The highest BCUT2D eigenvalue weighted by Crippen LogP contribution is 2.33. The van der Waals surface area contributed by atoms with Gasteiger partial charge in [0.1, 0.15) is 25.1 Å². The van der Waals surface area contributed by atoms with Crippen molar-refractivity contribution in [3.63, 3.8) is 0 Å². The lowest BCUT2D eigenvalue weighted by molar-refractivity contribution is 0.447. The Kier molecular flexibility index (Phi) is 5.37. The minimum absolute atomic E-state index is 0.0748. The first-order valence-electron chi connectivity index (χ1n) is 7.58. The van der Waals surface area contributed by atoms with E-state index in [2.05, 4.69) is 21.8 Å². The average Bonchev–Trinajstić information content (AvgIpc) is 2.55. The highest BCUT2D eigenvalue weighted by molar-refractivity contribution is 5.76. The molecule has 1 unspecified atom stereocenters. The van der Waals surface area contributed by atoms with Crippen molar-refractivity contribution in [3.8, 4) is 12.1 Å². The highest BCUT2D eigenvalue weighted by atomic mass is 15.3. The van der Waals surface area contributed by atoms with E-state index in [0.29, 0.717) is 17.5 Å². The van der Waals surface area contributed by atoms with Gasteiger partial charge < -0.3 is 15.5 Å². The summed E-state index contributed by atoms with van der Waals surface area (Å²) in [5.41, 5.74) is 6.72. The number of nitriles is 2. The smallest absolute Gasteiger partial charge is 0.159 e. The molecule has 7 heteroatoms. The zero-order valence-corrected chi connectivity index (χ0v) is 12.9. The lowest BCUT2D eigenvalue weighted by atomic mass is 10.00. The fourth-order valence-corrected chi connectivity index (χ4v) is 2.94. The molecule has 0 aliphatic carbocycles.